The van der Waals surface area contributed by atoms with Crippen molar-refractivity contribution in [1.29, 1.82) is 0 Å². The molecule has 2 aromatic rings. The number of halogens is 3. The molecule has 0 fully saturated rings. The van der Waals surface area contributed by atoms with E-state index >= 15 is 0 Å². The van der Waals surface area contributed by atoms with Gasteiger partial charge >= 0.3 is 6.18 Å². The Hall–Kier alpha value is -2.56. The number of pyridine rings is 1. The number of aryl methyl sites for hydroxylation is 1. The molecule has 2 heterocycles. The predicted molar refractivity (Wildman–Crippen MR) is 102 cm³/mol. The van der Waals surface area contributed by atoms with Gasteiger partial charge in [-0.15, -0.1) is 11.8 Å². The van der Waals surface area contributed by atoms with Gasteiger partial charge in [-0.05, 0) is 26.0 Å². The number of rotatable bonds is 8. The van der Waals surface area contributed by atoms with Crippen LogP contribution in [0.1, 0.15) is 12.6 Å². The van der Waals surface area contributed by atoms with E-state index in [1.165, 1.54) is 12.0 Å². The molecular formula is C17H20F3N5O2S. The predicted octanol–water partition coefficient (Wildman–Crippen LogP) is 3.23. The lowest BCUT2D eigenvalue weighted by Crippen LogP contribution is -2.38. The molecule has 0 spiro atoms. The summed E-state index contributed by atoms with van der Waals surface area (Å²) in [6.07, 6.45) is 0.605. The summed E-state index contributed by atoms with van der Waals surface area (Å²) in [6, 6.07) is 3.57. The number of hydrogen-bond acceptors (Lipinski definition) is 6. The number of hydrogen-bond donors (Lipinski definition) is 0. The summed E-state index contributed by atoms with van der Waals surface area (Å²) >= 11 is 0.554. The van der Waals surface area contributed by atoms with Crippen molar-refractivity contribution in [2.24, 2.45) is 5.16 Å². The lowest BCUT2D eigenvalue weighted by molar-refractivity contribution is -0.112. The first-order chi connectivity index (χ1) is 13.3. The minimum Gasteiger partial charge on any atom is -0.399 e. The summed E-state index contributed by atoms with van der Waals surface area (Å²) in [5, 5.41) is 8.02. The van der Waals surface area contributed by atoms with E-state index in [1.54, 1.807) is 43.2 Å². The van der Waals surface area contributed by atoms with E-state index < -0.39 is 17.8 Å². The Morgan fingerprint density at radius 3 is 2.75 bits per heavy atom. The molecule has 0 saturated carbocycles. The van der Waals surface area contributed by atoms with Gasteiger partial charge in [0.1, 0.15) is 7.11 Å². The van der Waals surface area contributed by atoms with Gasteiger partial charge in [0.25, 0.3) is 5.91 Å². The molecule has 0 N–H and O–H groups in total. The highest BCUT2D eigenvalue weighted by Gasteiger charge is 2.29. The summed E-state index contributed by atoms with van der Waals surface area (Å²) in [5.41, 5.74) is 1.72. The molecule has 0 radical (unpaired) electrons. The van der Waals surface area contributed by atoms with Crippen molar-refractivity contribution in [2.45, 2.75) is 20.0 Å². The number of carbonyl (C=O) groups is 1. The molecule has 0 aliphatic carbocycles. The Kier molecular flexibility index (Phi) is 7.44. The maximum Gasteiger partial charge on any atom is 0.397 e. The number of oxime groups is 1. The van der Waals surface area contributed by atoms with Crippen LogP contribution in [0.25, 0.3) is 5.69 Å². The Bertz CT molecular complexity index is 824. The average Bonchev–Trinajstić information content (AvgIpc) is 3.03. The number of nitrogens with zero attached hydrogens (tertiary/aromatic N) is 5. The zero-order valence-electron chi connectivity index (χ0n) is 15.6. The van der Waals surface area contributed by atoms with Crippen LogP contribution in [0.3, 0.4) is 0 Å². The molecule has 152 valence electrons. The van der Waals surface area contributed by atoms with Crippen LogP contribution < -0.4 is 4.90 Å². The molecule has 28 heavy (non-hydrogen) atoms. The van der Waals surface area contributed by atoms with Crippen molar-refractivity contribution in [3.05, 3.63) is 36.4 Å². The summed E-state index contributed by atoms with van der Waals surface area (Å²) in [7, 11) is 1.24. The highest BCUT2D eigenvalue weighted by atomic mass is 32.2. The number of thioether (sulfide) groups is 1. The number of anilines is 1. The zero-order chi connectivity index (χ0) is 20.7. The number of aromatic nitrogens is 3. The summed E-state index contributed by atoms with van der Waals surface area (Å²) in [4.78, 5) is 23.0. The van der Waals surface area contributed by atoms with E-state index in [4.69, 9.17) is 0 Å². The summed E-state index contributed by atoms with van der Waals surface area (Å²) < 4.78 is 38.8. The Balaban J connectivity index is 2.24. The third kappa shape index (κ3) is 5.72. The van der Waals surface area contributed by atoms with E-state index in [-0.39, 0.29) is 18.0 Å². The van der Waals surface area contributed by atoms with Crippen LogP contribution in [0.2, 0.25) is 0 Å². The van der Waals surface area contributed by atoms with Crippen LogP contribution >= 0.6 is 11.8 Å². The normalized spacial score (nSPS) is 12.1. The monoisotopic (exact) mass is 415 g/mol. The quantitative estimate of drug-likeness (QED) is 0.489. The van der Waals surface area contributed by atoms with Crippen LogP contribution in [-0.4, -0.2) is 57.7 Å². The average molecular weight is 415 g/mol. The second kappa shape index (κ2) is 9.58. The van der Waals surface area contributed by atoms with Gasteiger partial charge in [-0.2, -0.15) is 18.3 Å². The van der Waals surface area contributed by atoms with Crippen LogP contribution in [0.15, 0.2) is 35.9 Å². The largest absolute Gasteiger partial charge is 0.399 e. The topological polar surface area (TPSA) is 72.6 Å². The lowest BCUT2D eigenvalue weighted by atomic mass is 10.3. The Labute approximate surface area is 164 Å². The van der Waals surface area contributed by atoms with Gasteiger partial charge < -0.3 is 9.74 Å². The number of carbonyl (C=O) groups excluding carboxylic acids is 1. The summed E-state index contributed by atoms with van der Waals surface area (Å²) in [6.45, 7) is 3.78. The highest BCUT2D eigenvalue weighted by Crippen LogP contribution is 2.24. The maximum atomic E-state index is 12.9. The van der Waals surface area contributed by atoms with E-state index in [1.807, 2.05) is 6.07 Å². The maximum absolute atomic E-state index is 12.9. The first-order valence-corrected chi connectivity index (χ1v) is 9.45. The molecule has 2 rings (SSSR count). The van der Waals surface area contributed by atoms with Gasteiger partial charge in [0, 0.05) is 18.5 Å². The first kappa shape index (κ1) is 21.7. The zero-order valence-corrected chi connectivity index (χ0v) is 16.4. The molecule has 0 aliphatic heterocycles. The van der Waals surface area contributed by atoms with Crippen molar-refractivity contribution in [2.75, 3.05) is 30.1 Å². The third-order valence-electron chi connectivity index (χ3n) is 3.59. The van der Waals surface area contributed by atoms with Crippen molar-refractivity contribution in [1.82, 2.24) is 14.8 Å². The second-order valence-electron chi connectivity index (χ2n) is 5.63. The van der Waals surface area contributed by atoms with E-state index in [0.29, 0.717) is 28.8 Å². The molecular weight excluding hydrogens is 395 g/mol. The molecule has 0 aromatic carbocycles. The molecule has 0 atom stereocenters. The molecule has 7 nitrogen and oxygen atoms in total. The lowest BCUT2D eigenvalue weighted by Gasteiger charge is -2.20. The molecule has 2 aromatic heterocycles. The van der Waals surface area contributed by atoms with Gasteiger partial charge in [-0.25, -0.2) is 4.68 Å². The smallest absolute Gasteiger partial charge is 0.397 e. The van der Waals surface area contributed by atoms with E-state index in [0.717, 1.165) is 0 Å². The molecule has 0 bridgehead atoms. The highest BCUT2D eigenvalue weighted by molar-refractivity contribution is 8.00. The minimum atomic E-state index is -4.32. The fourth-order valence-electron chi connectivity index (χ4n) is 2.42. The number of amides is 1. The van der Waals surface area contributed by atoms with Crippen molar-refractivity contribution in [3.8, 4) is 5.69 Å². The number of alkyl halides is 3. The Morgan fingerprint density at radius 1 is 1.43 bits per heavy atom. The van der Waals surface area contributed by atoms with Gasteiger partial charge in [0.05, 0.1) is 35.2 Å². The molecule has 0 aliphatic rings. The van der Waals surface area contributed by atoms with Crippen molar-refractivity contribution in [3.63, 3.8) is 0 Å². The van der Waals surface area contributed by atoms with Gasteiger partial charge in [-0.3, -0.25) is 9.78 Å². The molecule has 1 amide bonds. The Morgan fingerprint density at radius 2 is 2.18 bits per heavy atom. The van der Waals surface area contributed by atoms with Gasteiger partial charge in [0.15, 0.2) is 5.71 Å². The van der Waals surface area contributed by atoms with E-state index in [2.05, 4.69) is 20.1 Å². The minimum absolute atomic E-state index is 0.105. The van der Waals surface area contributed by atoms with Gasteiger partial charge in [0.2, 0.25) is 0 Å². The molecule has 0 unspecified atom stereocenters. The van der Waals surface area contributed by atoms with Crippen molar-refractivity contribution < 1.29 is 22.8 Å². The van der Waals surface area contributed by atoms with Crippen LogP contribution in [0.5, 0.6) is 0 Å². The van der Waals surface area contributed by atoms with E-state index in [9.17, 15) is 18.0 Å². The van der Waals surface area contributed by atoms with Gasteiger partial charge in [-0.1, -0.05) is 5.16 Å². The first-order valence-electron chi connectivity index (χ1n) is 8.30. The van der Waals surface area contributed by atoms with Crippen LogP contribution in [0.4, 0.5) is 18.9 Å². The van der Waals surface area contributed by atoms with Crippen LogP contribution in [-0.2, 0) is 9.63 Å². The van der Waals surface area contributed by atoms with Crippen LogP contribution in [0, 0.1) is 6.92 Å². The molecule has 11 heteroatoms. The van der Waals surface area contributed by atoms with Crippen molar-refractivity contribution >= 4 is 29.1 Å². The fraction of sp³-hybridized carbons (Fsp3) is 0.412. The second-order valence-corrected chi connectivity index (χ2v) is 6.62. The SMILES string of the molecule is CCN(C(=O)C(CSCC(F)(F)F)=NOC)c1cn(-c2cccnc2)nc1C. The third-order valence-corrected chi connectivity index (χ3v) is 4.60. The summed E-state index contributed by atoms with van der Waals surface area (Å²) in [5.74, 6) is -1.83. The fourth-order valence-corrected chi connectivity index (χ4v) is 3.12. The molecule has 0 saturated heterocycles. The standard InChI is InChI=1S/C17H20F3N5O2S/c1-4-24(16(26)14(23-27-3)10-28-11-17(18,19)20)15-9-25(22-12(15)2)13-6-5-7-21-8-13/h5-9H,4,10-11H2,1-3H3.